The summed E-state index contributed by atoms with van der Waals surface area (Å²) in [6, 6.07) is 11.1. The quantitative estimate of drug-likeness (QED) is 0.747. The Morgan fingerprint density at radius 1 is 1.08 bits per heavy atom. The van der Waals surface area contributed by atoms with Crippen LogP contribution in [0.1, 0.15) is 19.9 Å². The molecule has 0 atom stereocenters. The van der Waals surface area contributed by atoms with Gasteiger partial charge in [0.2, 0.25) is 0 Å². The fourth-order valence-corrected chi connectivity index (χ4v) is 2.63. The first-order chi connectivity index (χ1) is 11.5. The number of rotatable bonds is 3. The highest BCUT2D eigenvalue weighted by Gasteiger charge is 2.16. The Balaban J connectivity index is 2.23. The van der Waals surface area contributed by atoms with Gasteiger partial charge in [-0.1, -0.05) is 30.3 Å². The Kier molecular flexibility index (Phi) is 4.44. The average Bonchev–Trinajstić information content (AvgIpc) is 2.57. The lowest BCUT2D eigenvalue weighted by Gasteiger charge is -2.12. The summed E-state index contributed by atoms with van der Waals surface area (Å²) >= 11 is 3.30. The Morgan fingerprint density at radius 3 is 2.38 bits per heavy atom. The van der Waals surface area contributed by atoms with Crippen LogP contribution in [-0.4, -0.2) is 19.7 Å². The van der Waals surface area contributed by atoms with Crippen molar-refractivity contribution in [3.63, 3.8) is 0 Å². The largest absolute Gasteiger partial charge is 0.381 e. The van der Waals surface area contributed by atoms with Gasteiger partial charge in [-0.25, -0.2) is 14.6 Å². The molecule has 0 saturated heterocycles. The van der Waals surface area contributed by atoms with Gasteiger partial charge in [0.25, 0.3) is 5.56 Å². The van der Waals surface area contributed by atoms with E-state index < -0.39 is 0 Å². The molecular formula is C17H16BrN5O. The molecule has 0 aliphatic carbocycles. The third-order valence-electron chi connectivity index (χ3n) is 3.51. The maximum Gasteiger partial charge on any atom is 0.267 e. The normalized spacial score (nSPS) is 11.0. The van der Waals surface area contributed by atoms with E-state index in [9.17, 15) is 4.79 Å². The summed E-state index contributed by atoms with van der Waals surface area (Å²) in [5.41, 5.74) is 8.35. The molecule has 7 heteroatoms. The van der Waals surface area contributed by atoms with Gasteiger partial charge in [-0.3, -0.25) is 4.79 Å². The molecule has 2 heterocycles. The Bertz CT molecular complexity index is 937. The van der Waals surface area contributed by atoms with Crippen LogP contribution in [0.15, 0.2) is 52.0 Å². The molecule has 2 N–H and O–H groups in total. The van der Waals surface area contributed by atoms with E-state index in [4.69, 9.17) is 5.73 Å². The van der Waals surface area contributed by atoms with Crippen LogP contribution < -0.4 is 11.3 Å². The summed E-state index contributed by atoms with van der Waals surface area (Å²) in [6.45, 7) is 3.81. The van der Waals surface area contributed by atoms with Gasteiger partial charge in [0.05, 0.1) is 23.6 Å². The van der Waals surface area contributed by atoms with Crippen LogP contribution in [0.25, 0.3) is 22.5 Å². The molecule has 0 aliphatic rings. The summed E-state index contributed by atoms with van der Waals surface area (Å²) < 4.78 is 1.86. The fourth-order valence-electron chi connectivity index (χ4n) is 2.36. The van der Waals surface area contributed by atoms with Gasteiger partial charge in [-0.05, 0) is 29.8 Å². The van der Waals surface area contributed by atoms with Crippen molar-refractivity contribution in [3.8, 4) is 22.5 Å². The number of anilines is 1. The first kappa shape index (κ1) is 16.3. The number of hydrogen-bond acceptors (Lipinski definition) is 5. The third-order valence-corrected chi connectivity index (χ3v) is 4.10. The molecule has 0 unspecified atom stereocenters. The fraction of sp³-hybridized carbons (Fsp3) is 0.176. The van der Waals surface area contributed by atoms with Crippen LogP contribution in [0.2, 0.25) is 0 Å². The van der Waals surface area contributed by atoms with Crippen LogP contribution in [0.3, 0.4) is 0 Å². The molecule has 0 spiro atoms. The van der Waals surface area contributed by atoms with E-state index in [1.165, 1.54) is 10.7 Å². The van der Waals surface area contributed by atoms with Crippen molar-refractivity contribution in [2.24, 2.45) is 0 Å². The lowest BCUT2D eigenvalue weighted by molar-refractivity contribution is 0.503. The van der Waals surface area contributed by atoms with Gasteiger partial charge in [0.15, 0.2) is 5.82 Å². The second-order valence-corrected chi connectivity index (χ2v) is 6.33. The van der Waals surface area contributed by atoms with E-state index in [-0.39, 0.29) is 11.6 Å². The maximum atomic E-state index is 12.3. The minimum Gasteiger partial charge on any atom is -0.381 e. The molecule has 3 rings (SSSR count). The maximum absolute atomic E-state index is 12.3. The number of halogens is 1. The molecule has 0 bridgehead atoms. The van der Waals surface area contributed by atoms with Crippen molar-refractivity contribution in [1.82, 2.24) is 19.7 Å². The van der Waals surface area contributed by atoms with Gasteiger partial charge in [0.1, 0.15) is 4.60 Å². The summed E-state index contributed by atoms with van der Waals surface area (Å²) in [5.74, 6) is 0.293. The number of nitrogen functional groups attached to an aromatic ring is 1. The van der Waals surface area contributed by atoms with Crippen LogP contribution >= 0.6 is 15.9 Å². The van der Waals surface area contributed by atoms with Crippen molar-refractivity contribution in [3.05, 3.63) is 57.6 Å². The number of aromatic nitrogens is 4. The van der Waals surface area contributed by atoms with E-state index in [1.54, 1.807) is 6.20 Å². The van der Waals surface area contributed by atoms with Crippen LogP contribution in [0.4, 0.5) is 5.82 Å². The highest BCUT2D eigenvalue weighted by Crippen LogP contribution is 2.31. The molecule has 0 fully saturated rings. The molecule has 6 nitrogen and oxygen atoms in total. The van der Waals surface area contributed by atoms with Gasteiger partial charge < -0.3 is 5.73 Å². The smallest absolute Gasteiger partial charge is 0.267 e. The second-order valence-electron chi connectivity index (χ2n) is 5.58. The molecule has 24 heavy (non-hydrogen) atoms. The summed E-state index contributed by atoms with van der Waals surface area (Å²) in [7, 11) is 0. The molecule has 0 saturated carbocycles. The van der Waals surface area contributed by atoms with Crippen LogP contribution in [0, 0.1) is 0 Å². The average molecular weight is 386 g/mol. The lowest BCUT2D eigenvalue weighted by atomic mass is 10.1. The van der Waals surface area contributed by atoms with E-state index in [0.717, 1.165) is 5.56 Å². The summed E-state index contributed by atoms with van der Waals surface area (Å²) in [5, 5.41) is 4.23. The standard InChI is InChI=1S/C17H16BrN5O/c1-10(2)23-13(24)8-12(9-20-23)15-14(11-6-4-3-5-7-11)22-17(19)16(18)21-15/h3-10H,1-2H3,(H2,19,22). The number of nitrogens with two attached hydrogens (primary N) is 1. The van der Waals surface area contributed by atoms with E-state index in [0.29, 0.717) is 27.4 Å². The Labute approximate surface area is 147 Å². The zero-order valence-electron chi connectivity index (χ0n) is 13.3. The topological polar surface area (TPSA) is 86.7 Å². The Morgan fingerprint density at radius 2 is 1.75 bits per heavy atom. The predicted octanol–water partition coefficient (Wildman–Crippen LogP) is 3.29. The zero-order valence-corrected chi connectivity index (χ0v) is 14.9. The molecule has 0 amide bonds. The highest BCUT2D eigenvalue weighted by atomic mass is 79.9. The van der Waals surface area contributed by atoms with Crippen molar-refractivity contribution in [2.75, 3.05) is 5.73 Å². The molecule has 122 valence electrons. The van der Waals surface area contributed by atoms with Gasteiger partial charge in [-0.2, -0.15) is 5.10 Å². The SMILES string of the molecule is CC(C)n1ncc(-c2nc(Br)c(N)nc2-c2ccccc2)cc1=O. The number of hydrogen-bond donors (Lipinski definition) is 1. The number of nitrogens with zero attached hydrogens (tertiary/aromatic N) is 4. The first-order valence-electron chi connectivity index (χ1n) is 7.45. The van der Waals surface area contributed by atoms with Gasteiger partial charge >= 0.3 is 0 Å². The minimum absolute atomic E-state index is 0.00983. The van der Waals surface area contributed by atoms with E-state index in [1.807, 2.05) is 44.2 Å². The second kappa shape index (κ2) is 6.52. The molecular weight excluding hydrogens is 370 g/mol. The monoisotopic (exact) mass is 385 g/mol. The van der Waals surface area contributed by atoms with Crippen LogP contribution in [0.5, 0.6) is 0 Å². The lowest BCUT2D eigenvalue weighted by Crippen LogP contribution is -2.23. The van der Waals surface area contributed by atoms with Crippen molar-refractivity contribution in [1.29, 1.82) is 0 Å². The molecule has 1 aromatic carbocycles. The predicted molar refractivity (Wildman–Crippen MR) is 97.5 cm³/mol. The van der Waals surface area contributed by atoms with Gasteiger partial charge in [-0.15, -0.1) is 0 Å². The van der Waals surface area contributed by atoms with E-state index >= 15 is 0 Å². The first-order valence-corrected chi connectivity index (χ1v) is 8.24. The summed E-state index contributed by atoms with van der Waals surface area (Å²) in [4.78, 5) is 21.2. The number of benzene rings is 1. The molecule has 2 aromatic heterocycles. The summed E-state index contributed by atoms with van der Waals surface area (Å²) in [6.07, 6.45) is 1.63. The molecule has 3 aromatic rings. The zero-order chi connectivity index (χ0) is 17.3. The van der Waals surface area contributed by atoms with E-state index in [2.05, 4.69) is 31.0 Å². The van der Waals surface area contributed by atoms with Crippen molar-refractivity contribution < 1.29 is 0 Å². The third kappa shape index (κ3) is 3.07. The van der Waals surface area contributed by atoms with Crippen LogP contribution in [-0.2, 0) is 0 Å². The minimum atomic E-state index is -0.184. The highest BCUT2D eigenvalue weighted by molar-refractivity contribution is 9.10. The van der Waals surface area contributed by atoms with Crippen molar-refractivity contribution >= 4 is 21.7 Å². The molecule has 0 radical (unpaired) electrons. The molecule has 0 aliphatic heterocycles. The van der Waals surface area contributed by atoms with Crippen molar-refractivity contribution in [2.45, 2.75) is 19.9 Å². The van der Waals surface area contributed by atoms with Gasteiger partial charge in [0, 0.05) is 17.2 Å². The Hall–Kier alpha value is -2.54.